The summed E-state index contributed by atoms with van der Waals surface area (Å²) in [5.41, 5.74) is -1.28. The number of hydrogen-bond acceptors (Lipinski definition) is 4. The number of hydrogen-bond donors (Lipinski definition) is 1. The van der Waals surface area contributed by atoms with E-state index in [1.165, 1.54) is 0 Å². The zero-order valence-corrected chi connectivity index (χ0v) is 8.93. The van der Waals surface area contributed by atoms with E-state index in [0.717, 1.165) is 0 Å². The molecule has 1 unspecified atom stereocenters. The number of carbonyl (C=O) groups is 2. The van der Waals surface area contributed by atoms with Crippen LogP contribution in [0.25, 0.3) is 0 Å². The molecule has 0 aromatic rings. The molecule has 0 aromatic heterocycles. The van der Waals surface area contributed by atoms with Crippen LogP contribution in [-0.2, 0) is 14.3 Å². The molecule has 1 atom stereocenters. The molecule has 0 radical (unpaired) electrons. The zero-order chi connectivity index (χ0) is 10.6. The zero-order valence-electron chi connectivity index (χ0n) is 8.12. The summed E-state index contributed by atoms with van der Waals surface area (Å²) >= 11 is 1.54. The van der Waals surface area contributed by atoms with Gasteiger partial charge < -0.3 is 9.84 Å². The van der Waals surface area contributed by atoms with Crippen molar-refractivity contribution >= 4 is 23.5 Å². The largest absolute Gasteiger partial charge is 0.480 e. The monoisotopic (exact) mass is 218 g/mol. The van der Waals surface area contributed by atoms with Crippen LogP contribution in [0.15, 0.2) is 0 Å². The first kappa shape index (κ1) is 11.5. The minimum absolute atomic E-state index is 0.0295. The van der Waals surface area contributed by atoms with Gasteiger partial charge in [0.05, 0.1) is 13.2 Å². The van der Waals surface area contributed by atoms with Crippen LogP contribution in [0, 0.1) is 5.41 Å². The molecule has 0 aromatic carbocycles. The van der Waals surface area contributed by atoms with E-state index in [1.807, 2.05) is 6.26 Å². The first-order valence-corrected chi connectivity index (χ1v) is 5.86. The Labute approximate surface area is 87.0 Å². The molecule has 0 bridgehead atoms. The van der Waals surface area contributed by atoms with Gasteiger partial charge >= 0.3 is 5.97 Å². The Hall–Kier alpha value is -0.550. The molecule has 14 heavy (non-hydrogen) atoms. The molecule has 0 aliphatic carbocycles. The molecular weight excluding hydrogens is 204 g/mol. The van der Waals surface area contributed by atoms with Crippen molar-refractivity contribution in [2.75, 3.05) is 25.2 Å². The molecule has 0 saturated carbocycles. The van der Waals surface area contributed by atoms with Crippen LogP contribution >= 0.6 is 11.8 Å². The van der Waals surface area contributed by atoms with E-state index in [9.17, 15) is 9.59 Å². The molecule has 4 nitrogen and oxygen atoms in total. The molecule has 80 valence electrons. The summed E-state index contributed by atoms with van der Waals surface area (Å²) in [5, 5.41) is 9.08. The highest BCUT2D eigenvalue weighted by Crippen LogP contribution is 2.30. The van der Waals surface area contributed by atoms with Gasteiger partial charge in [-0.15, -0.1) is 0 Å². The summed E-state index contributed by atoms with van der Waals surface area (Å²) in [4.78, 5) is 22.7. The van der Waals surface area contributed by atoms with E-state index >= 15 is 0 Å². The summed E-state index contributed by atoms with van der Waals surface area (Å²) in [5.74, 6) is -0.567. The first-order valence-electron chi connectivity index (χ1n) is 4.47. The number of aliphatic carboxylic acids is 1. The second-order valence-corrected chi connectivity index (χ2v) is 4.34. The van der Waals surface area contributed by atoms with Gasteiger partial charge in [-0.3, -0.25) is 9.59 Å². The van der Waals surface area contributed by atoms with Gasteiger partial charge in [-0.1, -0.05) is 0 Å². The van der Waals surface area contributed by atoms with Crippen LogP contribution in [0.3, 0.4) is 0 Å². The number of ether oxygens (including phenoxy) is 1. The van der Waals surface area contributed by atoms with Crippen LogP contribution in [0.5, 0.6) is 0 Å². The molecule has 1 fully saturated rings. The fraction of sp³-hybridized carbons (Fsp3) is 0.778. The summed E-state index contributed by atoms with van der Waals surface area (Å²) in [7, 11) is 0. The van der Waals surface area contributed by atoms with Gasteiger partial charge in [0.25, 0.3) is 0 Å². The molecule has 5 heteroatoms. The van der Waals surface area contributed by atoms with Gasteiger partial charge in [-0.2, -0.15) is 11.8 Å². The van der Waals surface area contributed by atoms with Gasteiger partial charge in [0, 0.05) is 6.42 Å². The maximum absolute atomic E-state index is 11.6. The highest BCUT2D eigenvalue weighted by atomic mass is 32.2. The number of carbonyl (C=O) groups excluding carboxylic acids is 1. The quantitative estimate of drug-likeness (QED) is 0.707. The second-order valence-electron chi connectivity index (χ2n) is 3.36. The topological polar surface area (TPSA) is 63.6 Å². The lowest BCUT2D eigenvalue weighted by atomic mass is 9.79. The Morgan fingerprint density at radius 3 is 2.93 bits per heavy atom. The molecule has 1 rings (SSSR count). The molecule has 1 aliphatic heterocycles. The van der Waals surface area contributed by atoms with Crippen molar-refractivity contribution in [1.82, 2.24) is 0 Å². The smallest absolute Gasteiger partial charge is 0.319 e. The Balaban J connectivity index is 2.78. The summed E-state index contributed by atoms with van der Waals surface area (Å²) in [6.07, 6.45) is 2.48. The van der Waals surface area contributed by atoms with E-state index in [-0.39, 0.29) is 18.8 Å². The maximum atomic E-state index is 11.6. The SMILES string of the molecule is CSCCC1(C(=O)O)COCCC1=O. The molecular formula is C9H14O4S. The van der Waals surface area contributed by atoms with Gasteiger partial charge in [0.2, 0.25) is 0 Å². The van der Waals surface area contributed by atoms with Gasteiger partial charge in [-0.25, -0.2) is 0 Å². The van der Waals surface area contributed by atoms with Gasteiger partial charge in [-0.05, 0) is 18.4 Å². The van der Waals surface area contributed by atoms with E-state index in [2.05, 4.69) is 0 Å². The van der Waals surface area contributed by atoms with Gasteiger partial charge in [0.1, 0.15) is 5.41 Å². The number of ketones is 1. The fourth-order valence-corrected chi connectivity index (χ4v) is 2.06. The Bertz CT molecular complexity index is 241. The van der Waals surface area contributed by atoms with Crippen LogP contribution in [0.2, 0.25) is 0 Å². The molecule has 1 saturated heterocycles. The second kappa shape index (κ2) is 4.79. The summed E-state index contributed by atoms with van der Waals surface area (Å²) in [6.45, 7) is 0.384. The van der Waals surface area contributed by atoms with Crippen LogP contribution < -0.4 is 0 Å². The lowest BCUT2D eigenvalue weighted by Crippen LogP contribution is -2.47. The lowest BCUT2D eigenvalue weighted by molar-refractivity contribution is -0.164. The van der Waals surface area contributed by atoms with Crippen molar-refractivity contribution in [1.29, 1.82) is 0 Å². The lowest BCUT2D eigenvalue weighted by Gasteiger charge is -2.31. The van der Waals surface area contributed by atoms with Crippen molar-refractivity contribution in [3.05, 3.63) is 0 Å². The van der Waals surface area contributed by atoms with Crippen LogP contribution in [0.4, 0.5) is 0 Å². The average Bonchev–Trinajstić information content (AvgIpc) is 2.16. The van der Waals surface area contributed by atoms with E-state index < -0.39 is 11.4 Å². The fourth-order valence-electron chi connectivity index (χ4n) is 1.51. The minimum atomic E-state index is -1.28. The summed E-state index contributed by atoms with van der Waals surface area (Å²) in [6, 6.07) is 0. The van der Waals surface area contributed by atoms with Gasteiger partial charge in [0.15, 0.2) is 5.78 Å². The summed E-state index contributed by atoms with van der Waals surface area (Å²) < 4.78 is 5.10. The third-order valence-corrected chi connectivity index (χ3v) is 3.11. The third-order valence-electron chi connectivity index (χ3n) is 2.50. The van der Waals surface area contributed by atoms with Crippen molar-refractivity contribution in [3.63, 3.8) is 0 Å². The van der Waals surface area contributed by atoms with Crippen LogP contribution in [-0.4, -0.2) is 42.1 Å². The standard InChI is InChI=1S/C9H14O4S/c1-14-5-3-9(8(11)12)6-13-4-2-7(9)10/h2-6H2,1H3,(H,11,12). The normalized spacial score (nSPS) is 27.6. The Morgan fingerprint density at radius 2 is 2.43 bits per heavy atom. The Kier molecular flexibility index (Phi) is 3.95. The third kappa shape index (κ3) is 2.09. The molecule has 1 heterocycles. The predicted molar refractivity (Wildman–Crippen MR) is 53.5 cm³/mol. The number of carboxylic acids is 1. The predicted octanol–water partition coefficient (Wildman–Crippen LogP) is 0.800. The minimum Gasteiger partial charge on any atom is -0.480 e. The van der Waals surface area contributed by atoms with E-state index in [4.69, 9.17) is 9.84 Å². The average molecular weight is 218 g/mol. The number of Topliss-reactive ketones (excluding diaryl/α,β-unsaturated/α-hetero) is 1. The number of carboxylic acid groups (broad SMARTS) is 1. The molecule has 1 N–H and O–H groups in total. The van der Waals surface area contributed by atoms with Crippen molar-refractivity contribution < 1.29 is 19.4 Å². The van der Waals surface area contributed by atoms with Crippen molar-refractivity contribution in [2.24, 2.45) is 5.41 Å². The molecule has 0 spiro atoms. The highest BCUT2D eigenvalue weighted by Gasteiger charge is 2.47. The van der Waals surface area contributed by atoms with E-state index in [0.29, 0.717) is 18.8 Å². The first-order chi connectivity index (χ1) is 6.63. The van der Waals surface area contributed by atoms with Crippen molar-refractivity contribution in [2.45, 2.75) is 12.8 Å². The Morgan fingerprint density at radius 1 is 1.71 bits per heavy atom. The molecule has 1 aliphatic rings. The van der Waals surface area contributed by atoms with Crippen LogP contribution in [0.1, 0.15) is 12.8 Å². The maximum Gasteiger partial charge on any atom is 0.319 e. The number of rotatable bonds is 4. The number of thioether (sulfide) groups is 1. The van der Waals surface area contributed by atoms with Crippen molar-refractivity contribution in [3.8, 4) is 0 Å². The highest BCUT2D eigenvalue weighted by molar-refractivity contribution is 7.98. The molecule has 0 amide bonds. The van der Waals surface area contributed by atoms with E-state index in [1.54, 1.807) is 11.8 Å².